The molecule has 0 unspecified atom stereocenters. The van der Waals surface area contributed by atoms with Gasteiger partial charge in [-0.3, -0.25) is 0 Å². The number of aryl methyl sites for hydroxylation is 2. The molecule has 0 saturated carbocycles. The van der Waals surface area contributed by atoms with Gasteiger partial charge < -0.3 is 9.52 Å². The molecule has 0 aliphatic heterocycles. The molecule has 0 aliphatic rings. The van der Waals surface area contributed by atoms with Crippen LogP contribution in [0.1, 0.15) is 11.1 Å². The Morgan fingerprint density at radius 1 is 1.17 bits per heavy atom. The molecule has 0 bridgehead atoms. The van der Waals surface area contributed by atoms with Gasteiger partial charge in [0.05, 0.1) is 11.6 Å². The number of benzene rings is 1. The summed E-state index contributed by atoms with van der Waals surface area (Å²) in [5.74, 6) is 0.332. The molecular formula is C10H10O2. The number of furan rings is 1. The minimum Gasteiger partial charge on any atom is -0.507 e. The number of aromatic hydroxyl groups is 1. The first-order valence-electron chi connectivity index (χ1n) is 3.86. The normalized spacial score (nSPS) is 10.8. The molecule has 1 aromatic carbocycles. The first-order valence-corrected chi connectivity index (χ1v) is 3.86. The van der Waals surface area contributed by atoms with Gasteiger partial charge in [0.2, 0.25) is 0 Å². The maximum atomic E-state index is 9.67. The summed E-state index contributed by atoms with van der Waals surface area (Å²) in [6.07, 6.45) is 1.66. The molecule has 0 amide bonds. The second kappa shape index (κ2) is 2.27. The van der Waals surface area contributed by atoms with Gasteiger partial charge in [0.1, 0.15) is 11.3 Å². The monoisotopic (exact) mass is 162 g/mol. The van der Waals surface area contributed by atoms with Crippen LogP contribution in [0, 0.1) is 13.8 Å². The lowest BCUT2D eigenvalue weighted by atomic mass is 10.1. The van der Waals surface area contributed by atoms with Crippen molar-refractivity contribution in [2.75, 3.05) is 0 Å². The molecule has 2 aromatic rings. The molecule has 2 rings (SSSR count). The van der Waals surface area contributed by atoms with Crippen LogP contribution in [0.5, 0.6) is 5.75 Å². The summed E-state index contributed by atoms with van der Waals surface area (Å²) in [5.41, 5.74) is 2.61. The Morgan fingerprint density at radius 3 is 2.67 bits per heavy atom. The van der Waals surface area contributed by atoms with E-state index in [0.29, 0.717) is 5.75 Å². The average Bonchev–Trinajstić information content (AvgIpc) is 2.41. The van der Waals surface area contributed by atoms with Crippen molar-refractivity contribution in [1.29, 1.82) is 0 Å². The van der Waals surface area contributed by atoms with E-state index in [0.717, 1.165) is 22.1 Å². The SMILES string of the molecule is Cc1ccc2occ(C)c2c1O. The summed E-state index contributed by atoms with van der Waals surface area (Å²) < 4.78 is 5.22. The van der Waals surface area contributed by atoms with E-state index in [-0.39, 0.29) is 0 Å². The van der Waals surface area contributed by atoms with Crippen molar-refractivity contribution in [3.05, 3.63) is 29.5 Å². The van der Waals surface area contributed by atoms with Gasteiger partial charge in [0, 0.05) is 0 Å². The molecule has 0 aliphatic carbocycles. The number of phenolic OH excluding ortho intramolecular Hbond substituents is 1. The van der Waals surface area contributed by atoms with Gasteiger partial charge >= 0.3 is 0 Å². The molecule has 12 heavy (non-hydrogen) atoms. The fourth-order valence-electron chi connectivity index (χ4n) is 1.37. The Kier molecular flexibility index (Phi) is 1.37. The van der Waals surface area contributed by atoms with Crippen LogP contribution in [0.15, 0.2) is 22.8 Å². The molecule has 1 N–H and O–H groups in total. The van der Waals surface area contributed by atoms with Gasteiger partial charge in [-0.25, -0.2) is 0 Å². The minimum absolute atomic E-state index is 0.332. The zero-order valence-corrected chi connectivity index (χ0v) is 7.09. The zero-order valence-electron chi connectivity index (χ0n) is 7.09. The van der Waals surface area contributed by atoms with Crippen molar-refractivity contribution in [2.24, 2.45) is 0 Å². The van der Waals surface area contributed by atoms with Gasteiger partial charge in [-0.15, -0.1) is 0 Å². The smallest absolute Gasteiger partial charge is 0.137 e. The van der Waals surface area contributed by atoms with Gasteiger partial charge in [0.25, 0.3) is 0 Å². The third kappa shape index (κ3) is 0.811. The molecule has 62 valence electrons. The van der Waals surface area contributed by atoms with E-state index in [9.17, 15) is 5.11 Å². The summed E-state index contributed by atoms with van der Waals surface area (Å²) in [6.45, 7) is 3.80. The summed E-state index contributed by atoms with van der Waals surface area (Å²) >= 11 is 0. The standard InChI is InChI=1S/C10H10O2/c1-6-3-4-8-9(10(6)11)7(2)5-12-8/h3-5,11H,1-2H3. The molecule has 0 saturated heterocycles. The molecule has 1 heterocycles. The maximum Gasteiger partial charge on any atom is 0.137 e. The zero-order chi connectivity index (χ0) is 8.72. The number of phenols is 1. The Hall–Kier alpha value is -1.44. The summed E-state index contributed by atoms with van der Waals surface area (Å²) in [4.78, 5) is 0. The Labute approximate surface area is 70.4 Å². The lowest BCUT2D eigenvalue weighted by Crippen LogP contribution is -1.75. The number of hydrogen-bond donors (Lipinski definition) is 1. The second-order valence-electron chi connectivity index (χ2n) is 3.02. The average molecular weight is 162 g/mol. The lowest BCUT2D eigenvalue weighted by Gasteiger charge is -1.98. The quantitative estimate of drug-likeness (QED) is 0.646. The van der Waals surface area contributed by atoms with Crippen molar-refractivity contribution in [3.8, 4) is 5.75 Å². The summed E-state index contributed by atoms with van der Waals surface area (Å²) in [7, 11) is 0. The highest BCUT2D eigenvalue weighted by atomic mass is 16.3. The predicted octanol–water partition coefficient (Wildman–Crippen LogP) is 2.76. The largest absolute Gasteiger partial charge is 0.507 e. The van der Waals surface area contributed by atoms with Gasteiger partial charge in [0.15, 0.2) is 0 Å². The van der Waals surface area contributed by atoms with Crippen LogP contribution >= 0.6 is 0 Å². The Balaban J connectivity index is 2.96. The van der Waals surface area contributed by atoms with E-state index in [1.807, 2.05) is 26.0 Å². The third-order valence-corrected chi connectivity index (χ3v) is 2.10. The molecule has 0 fully saturated rings. The van der Waals surface area contributed by atoms with Crippen molar-refractivity contribution in [2.45, 2.75) is 13.8 Å². The number of rotatable bonds is 0. The Morgan fingerprint density at radius 2 is 1.92 bits per heavy atom. The van der Waals surface area contributed by atoms with E-state index in [4.69, 9.17) is 4.42 Å². The molecule has 0 radical (unpaired) electrons. The van der Waals surface area contributed by atoms with Gasteiger partial charge in [-0.1, -0.05) is 6.07 Å². The van der Waals surface area contributed by atoms with E-state index in [2.05, 4.69) is 0 Å². The highest BCUT2D eigenvalue weighted by molar-refractivity contribution is 5.88. The van der Waals surface area contributed by atoms with E-state index < -0.39 is 0 Å². The van der Waals surface area contributed by atoms with E-state index in [1.54, 1.807) is 6.26 Å². The number of hydrogen-bond acceptors (Lipinski definition) is 2. The van der Waals surface area contributed by atoms with Gasteiger partial charge in [-0.05, 0) is 31.0 Å². The van der Waals surface area contributed by atoms with Crippen molar-refractivity contribution in [3.63, 3.8) is 0 Å². The van der Waals surface area contributed by atoms with Gasteiger partial charge in [-0.2, -0.15) is 0 Å². The first kappa shape index (κ1) is 7.22. The van der Waals surface area contributed by atoms with E-state index >= 15 is 0 Å². The predicted molar refractivity (Wildman–Crippen MR) is 47.4 cm³/mol. The summed E-state index contributed by atoms with van der Waals surface area (Å²) in [5, 5.41) is 10.5. The highest BCUT2D eigenvalue weighted by Gasteiger charge is 2.08. The second-order valence-corrected chi connectivity index (χ2v) is 3.02. The van der Waals surface area contributed by atoms with E-state index in [1.165, 1.54) is 0 Å². The van der Waals surface area contributed by atoms with Crippen LogP contribution in [0.25, 0.3) is 11.0 Å². The molecule has 1 aromatic heterocycles. The number of fused-ring (bicyclic) bond motifs is 1. The third-order valence-electron chi connectivity index (χ3n) is 2.10. The molecular weight excluding hydrogens is 152 g/mol. The molecule has 0 spiro atoms. The fourth-order valence-corrected chi connectivity index (χ4v) is 1.37. The summed E-state index contributed by atoms with van der Waals surface area (Å²) in [6, 6.07) is 3.72. The van der Waals surface area contributed by atoms with Crippen molar-refractivity contribution in [1.82, 2.24) is 0 Å². The van der Waals surface area contributed by atoms with Crippen molar-refractivity contribution >= 4 is 11.0 Å². The minimum atomic E-state index is 0.332. The van der Waals surface area contributed by atoms with Crippen molar-refractivity contribution < 1.29 is 9.52 Å². The van der Waals surface area contributed by atoms with Crippen LogP contribution in [-0.2, 0) is 0 Å². The lowest BCUT2D eigenvalue weighted by molar-refractivity contribution is 0.477. The topological polar surface area (TPSA) is 33.4 Å². The van der Waals surface area contributed by atoms with Crippen LogP contribution in [0.2, 0.25) is 0 Å². The van der Waals surface area contributed by atoms with Crippen LogP contribution in [-0.4, -0.2) is 5.11 Å². The maximum absolute atomic E-state index is 9.67. The first-order chi connectivity index (χ1) is 5.70. The molecule has 2 heteroatoms. The fraction of sp³-hybridized carbons (Fsp3) is 0.200. The Bertz CT molecular complexity index is 427. The highest BCUT2D eigenvalue weighted by Crippen LogP contribution is 2.31. The van der Waals surface area contributed by atoms with Crippen LogP contribution < -0.4 is 0 Å². The van der Waals surface area contributed by atoms with Crippen LogP contribution in [0.3, 0.4) is 0 Å². The molecule has 2 nitrogen and oxygen atoms in total. The molecule has 0 atom stereocenters. The van der Waals surface area contributed by atoms with Crippen LogP contribution in [0.4, 0.5) is 0 Å².